The maximum Gasteiger partial charge on any atom is 0.101 e. The molecule has 0 atom stereocenters. The molecule has 24 heavy (non-hydrogen) atoms. The van der Waals surface area contributed by atoms with Crippen molar-refractivity contribution in [2.24, 2.45) is 11.1 Å². The Balaban J connectivity index is 2.18. The van der Waals surface area contributed by atoms with Crippen LogP contribution in [0.25, 0.3) is 5.70 Å². The van der Waals surface area contributed by atoms with E-state index in [1.54, 1.807) is 0 Å². The van der Waals surface area contributed by atoms with E-state index in [0.29, 0.717) is 17.6 Å². The van der Waals surface area contributed by atoms with Gasteiger partial charge in [0.15, 0.2) is 0 Å². The van der Waals surface area contributed by atoms with Crippen LogP contribution in [0.4, 0.5) is 5.69 Å². The van der Waals surface area contributed by atoms with Gasteiger partial charge in [0.2, 0.25) is 0 Å². The summed E-state index contributed by atoms with van der Waals surface area (Å²) < 4.78 is 0. The molecule has 1 aliphatic heterocycles. The maximum atomic E-state index is 6.30. The van der Waals surface area contributed by atoms with Crippen LogP contribution in [0.2, 0.25) is 0 Å². The Kier molecular flexibility index (Phi) is 5.29. The Morgan fingerprint density at radius 1 is 1.25 bits per heavy atom. The molecule has 0 bridgehead atoms. The fraction of sp³-hybridized carbons (Fsp3) is 0.500. The third kappa shape index (κ3) is 3.75. The van der Waals surface area contributed by atoms with E-state index >= 15 is 0 Å². The van der Waals surface area contributed by atoms with Gasteiger partial charge in [-0.1, -0.05) is 33.1 Å². The predicted molar refractivity (Wildman–Crippen MR) is 104 cm³/mol. The van der Waals surface area contributed by atoms with Crippen LogP contribution in [0.5, 0.6) is 0 Å². The molecule has 132 valence electrons. The number of likely N-dealkylation sites (tertiary alicyclic amines) is 1. The van der Waals surface area contributed by atoms with Gasteiger partial charge in [-0.05, 0) is 42.4 Å². The molecule has 0 aromatic heterocycles. The molecule has 0 radical (unpaired) electrons. The van der Waals surface area contributed by atoms with Crippen molar-refractivity contribution >= 4 is 11.4 Å². The van der Waals surface area contributed by atoms with E-state index in [0.717, 1.165) is 41.3 Å². The van der Waals surface area contributed by atoms with Crippen LogP contribution in [0.15, 0.2) is 31.1 Å². The van der Waals surface area contributed by atoms with E-state index in [-0.39, 0.29) is 0 Å². The van der Waals surface area contributed by atoms with Gasteiger partial charge in [-0.2, -0.15) is 0 Å². The van der Waals surface area contributed by atoms with Crippen molar-refractivity contribution in [3.63, 3.8) is 0 Å². The van der Waals surface area contributed by atoms with Gasteiger partial charge in [0, 0.05) is 43.6 Å². The first-order valence-corrected chi connectivity index (χ1v) is 8.62. The van der Waals surface area contributed by atoms with Crippen LogP contribution in [-0.2, 0) is 6.54 Å². The van der Waals surface area contributed by atoms with Crippen molar-refractivity contribution < 1.29 is 0 Å². The molecule has 1 aliphatic rings. The molecule has 0 unspecified atom stereocenters. The number of rotatable bonds is 5. The minimum absolute atomic E-state index is 0.420. The number of piperidine rings is 1. The van der Waals surface area contributed by atoms with Crippen molar-refractivity contribution in [3.8, 4) is 0 Å². The molecule has 4 heteroatoms. The Morgan fingerprint density at radius 2 is 1.83 bits per heavy atom. The lowest BCUT2D eigenvalue weighted by molar-refractivity contribution is 0.142. The minimum Gasteiger partial charge on any atom is -0.398 e. The van der Waals surface area contributed by atoms with E-state index in [1.165, 1.54) is 12.8 Å². The topological polar surface area (TPSA) is 58.5 Å². The van der Waals surface area contributed by atoms with E-state index in [9.17, 15) is 0 Å². The minimum atomic E-state index is 0.420. The Morgan fingerprint density at radius 3 is 2.38 bits per heavy atom. The number of hydrogen-bond acceptors (Lipinski definition) is 4. The van der Waals surface area contributed by atoms with Crippen LogP contribution in [0.1, 0.15) is 43.4 Å². The summed E-state index contributed by atoms with van der Waals surface area (Å²) in [7, 11) is 2.01. The molecule has 0 aliphatic carbocycles. The summed E-state index contributed by atoms with van der Waals surface area (Å²) in [5.41, 5.74) is 17.2. The lowest BCUT2D eigenvalue weighted by atomic mass is 9.83. The standard InChI is InChI=1S/C20H32N4/c1-14-11-17(13-21)19(22)18(12-14)15(2)23(6)16(3)24-9-7-20(4,5)8-10-24/h11-12H,2-3,7-10,13,21-22H2,1,4-6H3. The zero-order chi connectivity index (χ0) is 18.1. The van der Waals surface area contributed by atoms with Gasteiger partial charge in [0.05, 0.1) is 0 Å². The van der Waals surface area contributed by atoms with Crippen LogP contribution >= 0.6 is 0 Å². The van der Waals surface area contributed by atoms with Crippen molar-refractivity contribution in [2.75, 3.05) is 25.9 Å². The largest absolute Gasteiger partial charge is 0.398 e. The number of anilines is 1. The Hall–Kier alpha value is -1.94. The molecule has 4 N–H and O–H groups in total. The van der Waals surface area contributed by atoms with Gasteiger partial charge in [0.1, 0.15) is 5.82 Å². The summed E-state index contributed by atoms with van der Waals surface area (Å²) in [6, 6.07) is 4.10. The first kappa shape index (κ1) is 18.4. The normalized spacial score (nSPS) is 16.8. The number of hydrogen-bond donors (Lipinski definition) is 2. The number of nitrogens with two attached hydrogens (primary N) is 2. The highest BCUT2D eigenvalue weighted by molar-refractivity contribution is 5.76. The Labute approximate surface area is 146 Å². The molecule has 0 spiro atoms. The van der Waals surface area contributed by atoms with Gasteiger partial charge in [0.25, 0.3) is 0 Å². The van der Waals surface area contributed by atoms with Crippen molar-refractivity contribution in [2.45, 2.75) is 40.2 Å². The molecule has 1 saturated heterocycles. The molecule has 0 amide bonds. The zero-order valence-corrected chi connectivity index (χ0v) is 15.7. The van der Waals surface area contributed by atoms with E-state index in [4.69, 9.17) is 11.5 Å². The van der Waals surface area contributed by atoms with E-state index in [2.05, 4.69) is 44.9 Å². The van der Waals surface area contributed by atoms with E-state index in [1.807, 2.05) is 18.0 Å². The second-order valence-corrected chi connectivity index (χ2v) is 7.66. The van der Waals surface area contributed by atoms with Crippen molar-refractivity contribution in [1.29, 1.82) is 0 Å². The van der Waals surface area contributed by atoms with Crippen molar-refractivity contribution in [3.05, 3.63) is 47.8 Å². The van der Waals surface area contributed by atoms with Gasteiger partial charge in [-0.15, -0.1) is 0 Å². The number of nitrogen functional groups attached to an aromatic ring is 1. The molecule has 4 nitrogen and oxygen atoms in total. The highest BCUT2D eigenvalue weighted by Gasteiger charge is 2.27. The fourth-order valence-electron chi connectivity index (χ4n) is 3.20. The SMILES string of the molecule is C=C(c1cc(C)cc(CN)c1N)N(C)C(=C)N1CCC(C)(C)CC1. The van der Waals surface area contributed by atoms with Gasteiger partial charge >= 0.3 is 0 Å². The number of aryl methyl sites for hydroxylation is 1. The van der Waals surface area contributed by atoms with Crippen LogP contribution in [-0.4, -0.2) is 29.9 Å². The van der Waals surface area contributed by atoms with Crippen molar-refractivity contribution in [1.82, 2.24) is 9.80 Å². The monoisotopic (exact) mass is 328 g/mol. The second-order valence-electron chi connectivity index (χ2n) is 7.66. The quantitative estimate of drug-likeness (QED) is 0.812. The summed E-state index contributed by atoms with van der Waals surface area (Å²) >= 11 is 0. The maximum absolute atomic E-state index is 6.30. The second kappa shape index (κ2) is 6.89. The predicted octanol–water partition coefficient (Wildman–Crippen LogP) is 3.53. The zero-order valence-electron chi connectivity index (χ0n) is 15.7. The average molecular weight is 329 g/mol. The summed E-state index contributed by atoms with van der Waals surface area (Å²) in [4.78, 5) is 4.38. The smallest absolute Gasteiger partial charge is 0.101 e. The molecular weight excluding hydrogens is 296 g/mol. The fourth-order valence-corrected chi connectivity index (χ4v) is 3.20. The third-order valence-corrected chi connectivity index (χ3v) is 5.21. The van der Waals surface area contributed by atoms with Gasteiger partial charge < -0.3 is 21.3 Å². The first-order valence-electron chi connectivity index (χ1n) is 8.62. The molecule has 1 fully saturated rings. The summed E-state index contributed by atoms with van der Waals surface area (Å²) in [6.07, 6.45) is 2.35. The Bertz CT molecular complexity index is 635. The number of benzene rings is 1. The van der Waals surface area contributed by atoms with E-state index < -0.39 is 0 Å². The first-order chi connectivity index (χ1) is 11.2. The summed E-state index contributed by atoms with van der Waals surface area (Å²) in [5.74, 6) is 0.978. The highest BCUT2D eigenvalue weighted by Crippen LogP contribution is 2.34. The lowest BCUT2D eigenvalue weighted by Gasteiger charge is -2.41. The van der Waals surface area contributed by atoms with Crippen LogP contribution < -0.4 is 11.5 Å². The summed E-state index contributed by atoms with van der Waals surface area (Å²) in [6.45, 7) is 17.8. The van der Waals surface area contributed by atoms with Gasteiger partial charge in [-0.25, -0.2) is 0 Å². The molecule has 2 rings (SSSR count). The van der Waals surface area contributed by atoms with Crippen LogP contribution in [0.3, 0.4) is 0 Å². The third-order valence-electron chi connectivity index (χ3n) is 5.21. The highest BCUT2D eigenvalue weighted by atomic mass is 15.3. The summed E-state index contributed by atoms with van der Waals surface area (Å²) in [5, 5.41) is 0. The molecule has 1 heterocycles. The molecule has 1 aromatic carbocycles. The average Bonchev–Trinajstić information content (AvgIpc) is 2.54. The molecule has 0 saturated carbocycles. The van der Waals surface area contributed by atoms with Crippen LogP contribution in [0, 0.1) is 12.3 Å². The molecule has 1 aromatic rings. The lowest BCUT2D eigenvalue weighted by Crippen LogP contribution is -2.40. The molecular formula is C20H32N4. The van der Waals surface area contributed by atoms with Gasteiger partial charge in [-0.3, -0.25) is 0 Å². The number of nitrogens with zero attached hydrogens (tertiary/aromatic N) is 2.